The van der Waals surface area contributed by atoms with Crippen molar-refractivity contribution in [2.24, 2.45) is 0 Å². The van der Waals surface area contributed by atoms with E-state index in [0.29, 0.717) is 22.4 Å². The SMILES string of the molecule is CC(C)n1ccc(-c2cn([C@@H]3C[C@H](c4cccc(C=O)c4)[C@H]4OC(C)(C)O[C@H]43)c3nc(Cl)nc(N)c23)n1. The van der Waals surface area contributed by atoms with Gasteiger partial charge in [-0.05, 0) is 63.4 Å². The number of halogens is 1. The number of hydrogen-bond acceptors (Lipinski definition) is 7. The van der Waals surface area contributed by atoms with Gasteiger partial charge in [-0.1, -0.05) is 18.2 Å². The number of benzene rings is 1. The predicted molar refractivity (Wildman–Crippen MR) is 141 cm³/mol. The van der Waals surface area contributed by atoms with Crippen molar-refractivity contribution in [3.63, 3.8) is 0 Å². The quantitative estimate of drug-likeness (QED) is 0.285. The number of nitrogen functional groups attached to an aromatic ring is 1. The molecule has 0 bridgehead atoms. The molecular formula is C27H29ClN6O3. The second kappa shape index (κ2) is 8.65. The molecule has 37 heavy (non-hydrogen) atoms. The molecule has 0 unspecified atom stereocenters. The third-order valence-corrected chi connectivity index (χ3v) is 7.52. The zero-order valence-corrected chi connectivity index (χ0v) is 21.9. The van der Waals surface area contributed by atoms with Gasteiger partial charge in [-0.15, -0.1) is 0 Å². The molecule has 10 heteroatoms. The Kier molecular flexibility index (Phi) is 5.63. The van der Waals surface area contributed by atoms with E-state index in [2.05, 4.69) is 28.4 Å². The monoisotopic (exact) mass is 520 g/mol. The van der Waals surface area contributed by atoms with Gasteiger partial charge in [0.25, 0.3) is 0 Å². The van der Waals surface area contributed by atoms with Crippen molar-refractivity contribution in [2.45, 2.75) is 70.1 Å². The van der Waals surface area contributed by atoms with Crippen molar-refractivity contribution in [1.29, 1.82) is 0 Å². The summed E-state index contributed by atoms with van der Waals surface area (Å²) in [6.45, 7) is 8.01. The van der Waals surface area contributed by atoms with E-state index in [4.69, 9.17) is 31.9 Å². The van der Waals surface area contributed by atoms with Crippen molar-refractivity contribution in [3.05, 3.63) is 59.1 Å². The normalized spacial score (nSPS) is 24.7. The minimum absolute atomic E-state index is 0.0207. The first-order valence-electron chi connectivity index (χ1n) is 12.4. The molecule has 1 aromatic carbocycles. The first-order valence-corrected chi connectivity index (χ1v) is 12.8. The summed E-state index contributed by atoms with van der Waals surface area (Å²) in [6, 6.07) is 9.75. The van der Waals surface area contributed by atoms with Crippen molar-refractivity contribution in [3.8, 4) is 11.3 Å². The highest BCUT2D eigenvalue weighted by molar-refractivity contribution is 6.29. The van der Waals surface area contributed by atoms with Crippen LogP contribution in [0.15, 0.2) is 42.7 Å². The lowest BCUT2D eigenvalue weighted by molar-refractivity contribution is -0.157. The largest absolute Gasteiger partial charge is 0.383 e. The van der Waals surface area contributed by atoms with Crippen molar-refractivity contribution >= 4 is 34.7 Å². The number of rotatable bonds is 5. The van der Waals surface area contributed by atoms with E-state index in [1.54, 1.807) is 6.07 Å². The maximum Gasteiger partial charge on any atom is 0.226 e. The number of carbonyl (C=O) groups excluding carboxylic acids is 1. The van der Waals surface area contributed by atoms with E-state index in [-0.39, 0.29) is 35.5 Å². The number of fused-ring (bicyclic) bond motifs is 2. The molecule has 4 atom stereocenters. The summed E-state index contributed by atoms with van der Waals surface area (Å²) in [4.78, 5) is 20.3. The zero-order valence-electron chi connectivity index (χ0n) is 21.1. The van der Waals surface area contributed by atoms with Crippen LogP contribution in [-0.4, -0.2) is 48.6 Å². The van der Waals surface area contributed by atoms with Crippen LogP contribution in [0, 0.1) is 0 Å². The van der Waals surface area contributed by atoms with Crippen LogP contribution in [0.5, 0.6) is 0 Å². The molecule has 4 heterocycles. The minimum Gasteiger partial charge on any atom is -0.383 e. The van der Waals surface area contributed by atoms with E-state index in [9.17, 15) is 4.79 Å². The molecule has 2 N–H and O–H groups in total. The number of aldehydes is 1. The van der Waals surface area contributed by atoms with E-state index in [1.807, 2.05) is 55.2 Å². The molecule has 1 aliphatic heterocycles. The maximum atomic E-state index is 11.5. The van der Waals surface area contributed by atoms with Crippen molar-refractivity contribution in [1.82, 2.24) is 24.3 Å². The second-order valence-corrected chi connectivity index (χ2v) is 10.9. The summed E-state index contributed by atoms with van der Waals surface area (Å²) in [5.41, 5.74) is 10.3. The lowest BCUT2D eigenvalue weighted by Gasteiger charge is -2.24. The smallest absolute Gasteiger partial charge is 0.226 e. The van der Waals surface area contributed by atoms with Gasteiger partial charge in [-0.25, -0.2) is 4.98 Å². The van der Waals surface area contributed by atoms with Gasteiger partial charge < -0.3 is 19.8 Å². The first kappa shape index (κ1) is 24.1. The Balaban J connectivity index is 1.50. The van der Waals surface area contributed by atoms with Crippen LogP contribution in [0.2, 0.25) is 5.28 Å². The molecule has 1 saturated heterocycles. The van der Waals surface area contributed by atoms with Gasteiger partial charge in [-0.2, -0.15) is 10.1 Å². The summed E-state index contributed by atoms with van der Waals surface area (Å²) >= 11 is 6.29. The van der Waals surface area contributed by atoms with Gasteiger partial charge in [-0.3, -0.25) is 9.48 Å². The molecule has 0 amide bonds. The molecular weight excluding hydrogens is 492 g/mol. The molecule has 0 spiro atoms. The van der Waals surface area contributed by atoms with Crippen LogP contribution in [0.25, 0.3) is 22.3 Å². The van der Waals surface area contributed by atoms with E-state index in [0.717, 1.165) is 29.5 Å². The lowest BCUT2D eigenvalue weighted by atomic mass is 9.94. The Morgan fingerprint density at radius 3 is 2.70 bits per heavy atom. The Bertz CT molecular complexity index is 1510. The molecule has 3 aromatic heterocycles. The number of anilines is 1. The van der Waals surface area contributed by atoms with Crippen LogP contribution in [-0.2, 0) is 9.47 Å². The molecule has 4 aromatic rings. The van der Waals surface area contributed by atoms with Crippen molar-refractivity contribution in [2.75, 3.05) is 5.73 Å². The van der Waals surface area contributed by atoms with Crippen molar-refractivity contribution < 1.29 is 14.3 Å². The molecule has 1 saturated carbocycles. The third kappa shape index (κ3) is 4.02. The molecule has 0 radical (unpaired) electrons. The fourth-order valence-corrected chi connectivity index (χ4v) is 5.95. The van der Waals surface area contributed by atoms with Crippen LogP contribution >= 0.6 is 11.6 Å². The lowest BCUT2D eigenvalue weighted by Crippen LogP contribution is -2.27. The Labute approximate surface area is 219 Å². The number of nitrogens with zero attached hydrogens (tertiary/aromatic N) is 5. The average Bonchev–Trinajstić information content (AvgIpc) is 3.60. The van der Waals surface area contributed by atoms with Gasteiger partial charge in [0.05, 0.1) is 23.2 Å². The standard InChI is InChI=1S/C27H29ClN6O3/c1-14(2)34-9-8-19(32-34)18-12-33(25-21(18)24(29)30-26(28)31-25)20-11-17(16-7-5-6-15(10-16)13-35)22-23(20)37-27(3,4)36-22/h5-10,12-14,17,20,22-23H,11H2,1-4H3,(H2,29,30,31)/t17-,20-,22-,23+/m1/s1. The number of hydrogen-bond donors (Lipinski definition) is 1. The average molecular weight is 521 g/mol. The van der Waals surface area contributed by atoms with Crippen LogP contribution in [0.1, 0.15) is 68.0 Å². The van der Waals surface area contributed by atoms with E-state index >= 15 is 0 Å². The fourth-order valence-electron chi connectivity index (χ4n) is 5.78. The zero-order chi connectivity index (χ0) is 26.1. The third-order valence-electron chi connectivity index (χ3n) is 7.35. The van der Waals surface area contributed by atoms with E-state index < -0.39 is 5.79 Å². The Hall–Kier alpha value is -3.27. The molecule has 6 rings (SSSR count). The molecule has 1 aliphatic carbocycles. The van der Waals surface area contributed by atoms with Crippen LogP contribution in [0.4, 0.5) is 5.82 Å². The molecule has 2 aliphatic rings. The van der Waals surface area contributed by atoms with Crippen LogP contribution < -0.4 is 5.73 Å². The summed E-state index contributed by atoms with van der Waals surface area (Å²) in [6.07, 6.45) is 5.13. The summed E-state index contributed by atoms with van der Waals surface area (Å²) in [7, 11) is 0. The fraction of sp³-hybridized carbons (Fsp3) is 0.407. The van der Waals surface area contributed by atoms with Gasteiger partial charge in [0.1, 0.15) is 23.9 Å². The van der Waals surface area contributed by atoms with Gasteiger partial charge in [0.2, 0.25) is 5.28 Å². The highest BCUT2D eigenvalue weighted by Gasteiger charge is 2.55. The number of aromatic nitrogens is 5. The van der Waals surface area contributed by atoms with Gasteiger partial charge in [0.15, 0.2) is 5.79 Å². The van der Waals surface area contributed by atoms with E-state index in [1.165, 1.54) is 0 Å². The predicted octanol–water partition coefficient (Wildman–Crippen LogP) is 5.17. The Morgan fingerprint density at radius 2 is 1.97 bits per heavy atom. The molecule has 9 nitrogen and oxygen atoms in total. The molecule has 192 valence electrons. The maximum absolute atomic E-state index is 11.5. The first-order chi connectivity index (χ1) is 17.6. The van der Waals surface area contributed by atoms with Gasteiger partial charge in [0, 0.05) is 35.5 Å². The molecule has 2 fully saturated rings. The summed E-state index contributed by atoms with van der Waals surface area (Å²) < 4.78 is 16.9. The minimum atomic E-state index is -0.748. The number of ether oxygens (including phenoxy) is 2. The Morgan fingerprint density at radius 1 is 1.19 bits per heavy atom. The number of nitrogens with two attached hydrogens (primary N) is 1. The van der Waals surface area contributed by atoms with Gasteiger partial charge >= 0.3 is 0 Å². The summed E-state index contributed by atoms with van der Waals surface area (Å²) in [5.74, 6) is -0.425. The topological polar surface area (TPSA) is 110 Å². The van der Waals surface area contributed by atoms with Crippen LogP contribution in [0.3, 0.4) is 0 Å². The summed E-state index contributed by atoms with van der Waals surface area (Å²) in [5, 5.41) is 5.56. The highest BCUT2D eigenvalue weighted by atomic mass is 35.5. The highest BCUT2D eigenvalue weighted by Crippen LogP contribution is 2.52. The number of carbonyl (C=O) groups is 1. The second-order valence-electron chi connectivity index (χ2n) is 10.6.